The van der Waals surface area contributed by atoms with Gasteiger partial charge >= 0.3 is 5.97 Å². The summed E-state index contributed by atoms with van der Waals surface area (Å²) in [4.78, 5) is 23.7. The monoisotopic (exact) mass is 460 g/mol. The molecule has 1 aliphatic heterocycles. The summed E-state index contributed by atoms with van der Waals surface area (Å²) in [7, 11) is 1.08. The van der Waals surface area contributed by atoms with Crippen molar-refractivity contribution in [3.8, 4) is 0 Å². The number of thioether (sulfide) groups is 1. The summed E-state index contributed by atoms with van der Waals surface area (Å²) in [6, 6.07) is 19.3. The van der Waals surface area contributed by atoms with E-state index < -0.39 is 13.7 Å². The number of rotatable bonds is 10. The van der Waals surface area contributed by atoms with Gasteiger partial charge in [0.15, 0.2) is 11.4 Å². The van der Waals surface area contributed by atoms with E-state index in [-0.39, 0.29) is 17.7 Å². The van der Waals surface area contributed by atoms with Crippen molar-refractivity contribution < 1.29 is 23.8 Å². The molecule has 2 aromatic carbocycles. The van der Waals surface area contributed by atoms with E-state index in [1.165, 1.54) is 17.3 Å². The van der Waals surface area contributed by atoms with Crippen LogP contribution in [0.4, 0.5) is 0 Å². The Kier molecular flexibility index (Phi) is 9.09. The predicted octanol–water partition coefficient (Wildman–Crippen LogP) is 4.97. The quantitative estimate of drug-likeness (QED) is 0.283. The van der Waals surface area contributed by atoms with Crippen LogP contribution in [0.2, 0.25) is 0 Å². The second-order valence-corrected chi connectivity index (χ2v) is 10.9. The number of methoxy groups -OCH3 is 1. The van der Waals surface area contributed by atoms with Gasteiger partial charge in [-0.05, 0) is 30.5 Å². The highest BCUT2D eigenvalue weighted by atomic mass is 32.2. The van der Waals surface area contributed by atoms with Crippen LogP contribution < -0.4 is 0 Å². The Morgan fingerprint density at radius 2 is 1.90 bits per heavy atom. The molecule has 0 spiro atoms. The van der Waals surface area contributed by atoms with Crippen molar-refractivity contribution in [2.75, 3.05) is 26.1 Å². The number of hydrogen-bond acceptors (Lipinski definition) is 6. The van der Waals surface area contributed by atoms with Crippen LogP contribution in [-0.2, 0) is 25.2 Å². The zero-order chi connectivity index (χ0) is 22.1. The van der Waals surface area contributed by atoms with Crippen molar-refractivity contribution in [1.82, 2.24) is 0 Å². The van der Waals surface area contributed by atoms with Crippen molar-refractivity contribution in [3.05, 3.63) is 71.8 Å². The van der Waals surface area contributed by atoms with Crippen LogP contribution in [0, 0.1) is 0 Å². The number of ether oxygens (including phenoxy) is 3. The SMILES string of the molecule is COC1(C(CSC=O)P(C)Cc2ccccc2)CC(OC(=O)c2ccccc2)CCO1. The van der Waals surface area contributed by atoms with E-state index in [9.17, 15) is 9.59 Å². The summed E-state index contributed by atoms with van der Waals surface area (Å²) >= 11 is 1.24. The average Bonchev–Trinajstić information content (AvgIpc) is 2.80. The molecule has 4 atom stereocenters. The Labute approximate surface area is 189 Å². The van der Waals surface area contributed by atoms with Gasteiger partial charge in [0.1, 0.15) is 6.10 Å². The Balaban J connectivity index is 1.76. The summed E-state index contributed by atoms with van der Waals surface area (Å²) in [6.45, 7) is 2.67. The van der Waals surface area contributed by atoms with Crippen molar-refractivity contribution in [2.24, 2.45) is 0 Å². The lowest BCUT2D eigenvalue weighted by Crippen LogP contribution is -2.53. The van der Waals surface area contributed by atoms with Gasteiger partial charge in [0, 0.05) is 31.4 Å². The Morgan fingerprint density at radius 3 is 2.55 bits per heavy atom. The lowest BCUT2D eigenvalue weighted by atomic mass is 9.99. The fourth-order valence-corrected chi connectivity index (χ4v) is 7.70. The number of esters is 1. The van der Waals surface area contributed by atoms with E-state index in [2.05, 4.69) is 18.8 Å². The number of benzene rings is 2. The maximum Gasteiger partial charge on any atom is 0.338 e. The first-order chi connectivity index (χ1) is 15.1. The van der Waals surface area contributed by atoms with Gasteiger partial charge in [-0.15, -0.1) is 0 Å². The van der Waals surface area contributed by atoms with Gasteiger partial charge in [0.25, 0.3) is 0 Å². The molecule has 0 radical (unpaired) electrons. The van der Waals surface area contributed by atoms with Gasteiger partial charge in [0.05, 0.1) is 12.2 Å². The lowest BCUT2D eigenvalue weighted by molar-refractivity contribution is -0.256. The molecule has 0 amide bonds. The Morgan fingerprint density at radius 1 is 1.23 bits per heavy atom. The summed E-state index contributed by atoms with van der Waals surface area (Å²) in [6.07, 6.45) is 1.68. The van der Waals surface area contributed by atoms with Crippen LogP contribution in [0.5, 0.6) is 0 Å². The summed E-state index contributed by atoms with van der Waals surface area (Å²) in [5.41, 5.74) is 2.68. The smallest absolute Gasteiger partial charge is 0.338 e. The standard InChI is InChI=1S/C24H29O5PS/c1-27-24(22(17-31-18-25)30(2)16-19-9-5-3-6-10-19)15-21(13-14-28-24)29-23(26)20-11-7-4-8-12-20/h3-12,18,21-22H,13-17H2,1-2H3. The third kappa shape index (κ3) is 6.39. The number of carbonyl (C=O) groups is 2. The molecule has 1 heterocycles. The third-order valence-electron chi connectivity index (χ3n) is 5.56. The van der Waals surface area contributed by atoms with Crippen molar-refractivity contribution in [3.63, 3.8) is 0 Å². The summed E-state index contributed by atoms with van der Waals surface area (Å²) in [5.74, 6) is -0.615. The van der Waals surface area contributed by atoms with E-state index in [0.29, 0.717) is 30.8 Å². The second-order valence-electron chi connectivity index (χ2n) is 7.60. The molecule has 1 saturated heterocycles. The summed E-state index contributed by atoms with van der Waals surface area (Å²) < 4.78 is 18.0. The van der Waals surface area contributed by atoms with Crippen molar-refractivity contribution >= 4 is 31.3 Å². The van der Waals surface area contributed by atoms with Crippen LogP contribution in [-0.4, -0.2) is 55.3 Å². The van der Waals surface area contributed by atoms with Gasteiger partial charge in [-0.2, -0.15) is 0 Å². The normalized spacial score (nSPS) is 23.0. The molecule has 1 fully saturated rings. The van der Waals surface area contributed by atoms with Crippen LogP contribution in [0.3, 0.4) is 0 Å². The summed E-state index contributed by atoms with van der Waals surface area (Å²) in [5, 5.41) is 0. The first-order valence-corrected chi connectivity index (χ1v) is 13.4. The minimum atomic E-state index is -0.884. The molecular weight excluding hydrogens is 431 g/mol. The molecule has 0 aromatic heterocycles. The van der Waals surface area contributed by atoms with Gasteiger partial charge in [0.2, 0.25) is 0 Å². The highest BCUT2D eigenvalue weighted by Crippen LogP contribution is 2.51. The lowest BCUT2D eigenvalue weighted by Gasteiger charge is -2.46. The Bertz CT molecular complexity index is 834. The highest BCUT2D eigenvalue weighted by Gasteiger charge is 2.47. The van der Waals surface area contributed by atoms with Crippen LogP contribution >= 0.6 is 19.7 Å². The minimum Gasteiger partial charge on any atom is -0.458 e. The molecular formula is C24H29O5PS. The van der Waals surface area contributed by atoms with E-state index in [1.807, 2.05) is 36.4 Å². The molecule has 0 aliphatic carbocycles. The Hall–Kier alpha value is -1.72. The maximum atomic E-state index is 12.6. The number of hydrogen-bond donors (Lipinski definition) is 0. The van der Waals surface area contributed by atoms with Gasteiger partial charge in [-0.1, -0.05) is 68.2 Å². The molecule has 0 N–H and O–H groups in total. The topological polar surface area (TPSA) is 61.8 Å². The van der Waals surface area contributed by atoms with E-state index in [0.717, 1.165) is 11.8 Å². The largest absolute Gasteiger partial charge is 0.458 e. The van der Waals surface area contributed by atoms with Gasteiger partial charge in [-0.25, -0.2) is 4.79 Å². The van der Waals surface area contributed by atoms with Crippen molar-refractivity contribution in [1.29, 1.82) is 0 Å². The molecule has 1 aliphatic rings. The van der Waals surface area contributed by atoms with Crippen LogP contribution in [0.15, 0.2) is 60.7 Å². The number of carbonyl (C=O) groups excluding carboxylic acids is 2. The molecule has 166 valence electrons. The third-order valence-corrected chi connectivity index (χ3v) is 8.98. The zero-order valence-electron chi connectivity index (χ0n) is 17.9. The van der Waals surface area contributed by atoms with E-state index in [4.69, 9.17) is 14.2 Å². The van der Waals surface area contributed by atoms with Crippen LogP contribution in [0.1, 0.15) is 28.8 Å². The molecule has 0 bridgehead atoms. The van der Waals surface area contributed by atoms with Gasteiger partial charge in [-0.3, -0.25) is 4.79 Å². The maximum absolute atomic E-state index is 12.6. The second kappa shape index (κ2) is 11.8. The average molecular weight is 461 g/mol. The predicted molar refractivity (Wildman–Crippen MR) is 127 cm³/mol. The van der Waals surface area contributed by atoms with Gasteiger partial charge < -0.3 is 14.2 Å². The van der Waals surface area contributed by atoms with E-state index >= 15 is 0 Å². The molecule has 0 saturated carbocycles. The first kappa shape index (κ1) is 23.9. The van der Waals surface area contributed by atoms with Crippen molar-refractivity contribution in [2.45, 2.75) is 36.6 Å². The molecule has 3 rings (SSSR count). The molecule has 5 nitrogen and oxygen atoms in total. The fourth-order valence-electron chi connectivity index (χ4n) is 3.95. The zero-order valence-corrected chi connectivity index (χ0v) is 19.6. The molecule has 2 aromatic rings. The fraction of sp³-hybridized carbons (Fsp3) is 0.417. The van der Waals surface area contributed by atoms with E-state index in [1.54, 1.807) is 19.2 Å². The molecule has 4 unspecified atom stereocenters. The van der Waals surface area contributed by atoms with Crippen LogP contribution in [0.25, 0.3) is 0 Å². The minimum absolute atomic E-state index is 0.0149. The first-order valence-electron chi connectivity index (χ1n) is 10.3. The molecule has 7 heteroatoms. The molecule has 31 heavy (non-hydrogen) atoms. The highest BCUT2D eigenvalue weighted by molar-refractivity contribution is 8.12.